The van der Waals surface area contributed by atoms with Crippen LogP contribution >= 0.6 is 0 Å². The standard InChI is InChI=1S/C56H51N7/c1-4-41-39-61(38-40(2)3)60-55-51(41)52(42-30-34-49(35-31-42)62(45-22-12-6-13-23-45)46-24-14-7-15-25-46)56(59-58-44-20-10-5-11-21-44)54(57)53(55)43-32-36-50(37-33-43)63(47-26-16-8-17-27-47)48-28-18-9-19-29-48/h5-37,40H,4,38-39,57H2,1-3H3. The van der Waals surface area contributed by atoms with Crippen LogP contribution in [0.25, 0.3) is 27.8 Å². The lowest BCUT2D eigenvalue weighted by molar-refractivity contribution is 0.270. The van der Waals surface area contributed by atoms with E-state index >= 15 is 0 Å². The molecule has 0 unspecified atom stereocenters. The molecule has 0 radical (unpaired) electrons. The fraction of sp³-hybridized carbons (Fsp3) is 0.125. The Morgan fingerprint density at radius 3 is 1.33 bits per heavy atom. The summed E-state index contributed by atoms with van der Waals surface area (Å²) < 4.78 is 0. The van der Waals surface area contributed by atoms with Gasteiger partial charge in [-0.05, 0) is 114 Å². The first-order valence-electron chi connectivity index (χ1n) is 21.8. The van der Waals surface area contributed by atoms with Crippen LogP contribution in [0.4, 0.5) is 51.2 Å². The molecule has 0 saturated carbocycles. The Kier molecular flexibility index (Phi) is 11.9. The highest BCUT2D eigenvalue weighted by atomic mass is 15.5. The Balaban J connectivity index is 1.27. The van der Waals surface area contributed by atoms with Crippen LogP contribution < -0.4 is 26.1 Å². The number of nitrogens with zero attached hydrogens (tertiary/aromatic N) is 6. The van der Waals surface area contributed by atoms with Gasteiger partial charge in [-0.15, -0.1) is 5.11 Å². The molecule has 0 aromatic heterocycles. The second kappa shape index (κ2) is 18.5. The monoisotopic (exact) mass is 821 g/mol. The van der Waals surface area contributed by atoms with Crippen LogP contribution in [-0.2, 0) is 0 Å². The summed E-state index contributed by atoms with van der Waals surface area (Å²) in [5.74, 6) is 0.415. The van der Waals surface area contributed by atoms with E-state index in [4.69, 9.17) is 21.1 Å². The maximum atomic E-state index is 7.53. The first-order chi connectivity index (χ1) is 31.0. The van der Waals surface area contributed by atoms with Crippen molar-refractivity contribution in [2.24, 2.45) is 21.2 Å². The number of anilines is 7. The van der Waals surface area contributed by atoms with Gasteiger partial charge in [0.25, 0.3) is 0 Å². The Morgan fingerprint density at radius 1 is 0.524 bits per heavy atom. The Morgan fingerprint density at radius 2 is 0.921 bits per heavy atom. The van der Waals surface area contributed by atoms with Gasteiger partial charge in [0.2, 0.25) is 0 Å². The van der Waals surface area contributed by atoms with E-state index in [0.717, 1.165) is 85.6 Å². The number of nitrogen functional groups attached to an aromatic ring is 1. The summed E-state index contributed by atoms with van der Waals surface area (Å²) in [6.07, 6.45) is 0.832. The number of hydrogen-bond donors (Lipinski definition) is 1. The van der Waals surface area contributed by atoms with Gasteiger partial charge in [-0.3, -0.25) is 5.01 Å². The lowest BCUT2D eigenvalue weighted by Gasteiger charge is -2.29. The molecule has 8 aromatic rings. The largest absolute Gasteiger partial charge is 0.396 e. The molecule has 0 bridgehead atoms. The van der Waals surface area contributed by atoms with Crippen LogP contribution in [0.2, 0.25) is 0 Å². The van der Waals surface area contributed by atoms with Crippen molar-refractivity contribution in [2.75, 3.05) is 28.6 Å². The maximum absolute atomic E-state index is 7.53. The predicted octanol–water partition coefficient (Wildman–Crippen LogP) is 14.0. The van der Waals surface area contributed by atoms with Crippen LogP contribution in [0, 0.1) is 5.92 Å². The third kappa shape index (κ3) is 8.59. The zero-order chi connectivity index (χ0) is 43.1. The van der Waals surface area contributed by atoms with Crippen molar-refractivity contribution in [2.45, 2.75) is 27.2 Å². The minimum Gasteiger partial charge on any atom is -0.396 e. The number of fused-ring (bicyclic) bond motifs is 1. The van der Waals surface area contributed by atoms with Gasteiger partial charge in [-0.2, -0.15) is 10.2 Å². The van der Waals surface area contributed by atoms with Gasteiger partial charge in [0.1, 0.15) is 11.0 Å². The molecule has 1 heterocycles. The molecule has 7 nitrogen and oxygen atoms in total. The van der Waals surface area contributed by atoms with E-state index in [1.165, 1.54) is 5.57 Å². The van der Waals surface area contributed by atoms with Crippen LogP contribution in [0.15, 0.2) is 216 Å². The first-order valence-corrected chi connectivity index (χ1v) is 21.8. The fourth-order valence-electron chi connectivity index (χ4n) is 8.51. The Bertz CT molecular complexity index is 2860. The molecule has 1 aliphatic heterocycles. The van der Waals surface area contributed by atoms with Crippen LogP contribution in [0.5, 0.6) is 0 Å². The summed E-state index contributed by atoms with van der Waals surface area (Å²) in [7, 11) is 0. The Labute approximate surface area is 370 Å². The van der Waals surface area contributed by atoms with Gasteiger partial charge in [-0.1, -0.05) is 136 Å². The van der Waals surface area contributed by atoms with Gasteiger partial charge in [-0.25, -0.2) is 0 Å². The van der Waals surface area contributed by atoms with Crippen LogP contribution in [-0.4, -0.2) is 18.1 Å². The molecule has 1 aliphatic rings. The number of para-hydroxylation sites is 4. The number of hydrogen-bond acceptors (Lipinski definition) is 7. The van der Waals surface area contributed by atoms with Crippen molar-refractivity contribution in [1.82, 2.24) is 5.01 Å². The highest BCUT2D eigenvalue weighted by Crippen LogP contribution is 2.42. The molecule has 310 valence electrons. The molecule has 2 N–H and O–H groups in total. The quantitative estimate of drug-likeness (QED) is 0.0929. The summed E-state index contributed by atoms with van der Waals surface area (Å²) >= 11 is 0. The molecule has 63 heavy (non-hydrogen) atoms. The average Bonchev–Trinajstić information content (AvgIpc) is 3.33. The van der Waals surface area contributed by atoms with E-state index in [1.807, 2.05) is 54.6 Å². The minimum absolute atomic E-state index is 0.415. The number of nitrogens with two attached hydrogens (primary N) is 1. The summed E-state index contributed by atoms with van der Waals surface area (Å²) in [5.41, 5.74) is 20.8. The van der Waals surface area contributed by atoms with Crippen molar-refractivity contribution >= 4 is 56.8 Å². The van der Waals surface area contributed by atoms with Crippen LogP contribution in [0.1, 0.15) is 27.2 Å². The molecular formula is C56H51N7. The molecular weight excluding hydrogens is 771 g/mol. The summed E-state index contributed by atoms with van der Waals surface area (Å²) in [6, 6.07) is 69.1. The number of azo groups is 1. The lowest BCUT2D eigenvalue weighted by Crippen LogP contribution is -2.43. The average molecular weight is 822 g/mol. The van der Waals surface area contributed by atoms with E-state index < -0.39 is 0 Å². The first kappa shape index (κ1) is 40.6. The van der Waals surface area contributed by atoms with Gasteiger partial charge >= 0.3 is 0 Å². The zero-order valence-corrected chi connectivity index (χ0v) is 36.0. The molecule has 0 amide bonds. The minimum atomic E-state index is 0.415. The smallest absolute Gasteiger partial charge is 0.118 e. The van der Waals surface area contributed by atoms with Gasteiger partial charge in [0.05, 0.1) is 17.9 Å². The van der Waals surface area contributed by atoms with E-state index in [9.17, 15) is 0 Å². The van der Waals surface area contributed by atoms with E-state index in [1.54, 1.807) is 0 Å². The summed E-state index contributed by atoms with van der Waals surface area (Å²) in [4.78, 5) is 4.54. The Hall–Kier alpha value is -7.77. The SMILES string of the molecule is CCC1=c2c(-c3ccc(N(c4ccccc4)c4ccccc4)cc3)c(N=Nc3ccccc3)c(N)c(-c3ccc(N(c4ccccc4)c4ccccc4)cc3)c2=NN(CC(C)C)C1. The predicted molar refractivity (Wildman–Crippen MR) is 263 cm³/mol. The van der Waals surface area contributed by atoms with Crippen molar-refractivity contribution in [3.63, 3.8) is 0 Å². The number of rotatable bonds is 13. The van der Waals surface area contributed by atoms with Crippen molar-refractivity contribution in [1.29, 1.82) is 0 Å². The van der Waals surface area contributed by atoms with Crippen molar-refractivity contribution in [3.05, 3.63) is 211 Å². The highest BCUT2D eigenvalue weighted by Gasteiger charge is 2.26. The normalized spacial score (nSPS) is 12.3. The summed E-state index contributed by atoms with van der Waals surface area (Å²) in [5, 5.41) is 19.5. The lowest BCUT2D eigenvalue weighted by atomic mass is 9.89. The molecule has 8 aromatic carbocycles. The van der Waals surface area contributed by atoms with Crippen molar-refractivity contribution < 1.29 is 0 Å². The molecule has 0 fully saturated rings. The van der Waals surface area contributed by atoms with Crippen molar-refractivity contribution in [3.8, 4) is 22.3 Å². The van der Waals surface area contributed by atoms with Gasteiger partial charge in [0.15, 0.2) is 0 Å². The third-order valence-corrected chi connectivity index (χ3v) is 11.4. The molecule has 0 spiro atoms. The van der Waals surface area contributed by atoms with Gasteiger partial charge < -0.3 is 15.5 Å². The van der Waals surface area contributed by atoms with E-state index in [-0.39, 0.29) is 0 Å². The number of benzene rings is 8. The van der Waals surface area contributed by atoms with E-state index in [2.05, 4.69) is 181 Å². The second-order valence-corrected chi connectivity index (χ2v) is 16.2. The third-order valence-electron chi connectivity index (χ3n) is 11.4. The van der Waals surface area contributed by atoms with Crippen LogP contribution in [0.3, 0.4) is 0 Å². The second-order valence-electron chi connectivity index (χ2n) is 16.2. The molecule has 9 rings (SSSR count). The highest BCUT2D eigenvalue weighted by molar-refractivity contribution is 5.95. The molecule has 0 saturated heterocycles. The maximum Gasteiger partial charge on any atom is 0.118 e. The molecule has 0 atom stereocenters. The molecule has 7 heteroatoms. The molecule has 0 aliphatic carbocycles. The summed E-state index contributed by atoms with van der Waals surface area (Å²) in [6.45, 7) is 8.25. The van der Waals surface area contributed by atoms with E-state index in [0.29, 0.717) is 23.8 Å². The fourth-order valence-corrected chi connectivity index (χ4v) is 8.51. The topological polar surface area (TPSA) is 72.8 Å². The van der Waals surface area contributed by atoms with Gasteiger partial charge in [0, 0.05) is 57.0 Å². The zero-order valence-electron chi connectivity index (χ0n) is 36.0.